The van der Waals surface area contributed by atoms with E-state index in [1.165, 1.54) is 15.8 Å². The number of carbonyl (C=O) groups is 1. The van der Waals surface area contributed by atoms with Crippen molar-refractivity contribution in [3.8, 4) is 0 Å². The van der Waals surface area contributed by atoms with E-state index in [4.69, 9.17) is 5.11 Å². The van der Waals surface area contributed by atoms with E-state index >= 15 is 0 Å². The monoisotopic (exact) mass is 319 g/mol. The van der Waals surface area contributed by atoms with Crippen LogP contribution in [0.1, 0.15) is 49.2 Å². The molecular weight excluding hydrogens is 298 g/mol. The quantitative estimate of drug-likeness (QED) is 0.759. The molecule has 0 unspecified atom stereocenters. The summed E-state index contributed by atoms with van der Waals surface area (Å²) in [5, 5.41) is 10.6. The lowest BCUT2D eigenvalue weighted by Crippen LogP contribution is -2.33. The van der Waals surface area contributed by atoms with Crippen molar-refractivity contribution in [1.29, 1.82) is 0 Å². The Labute approximate surface area is 124 Å². The third-order valence-corrected chi connectivity index (χ3v) is 5.94. The highest BCUT2D eigenvalue weighted by Crippen LogP contribution is 2.25. The van der Waals surface area contributed by atoms with Crippen LogP contribution < -0.4 is 0 Å². The molecule has 0 radical (unpaired) electrons. The Morgan fingerprint density at radius 1 is 1.25 bits per heavy atom. The van der Waals surface area contributed by atoms with Crippen molar-refractivity contribution >= 4 is 27.3 Å². The lowest BCUT2D eigenvalue weighted by Gasteiger charge is -2.21. The summed E-state index contributed by atoms with van der Waals surface area (Å²) in [5.41, 5.74) is 0. The zero-order valence-corrected chi connectivity index (χ0v) is 13.5. The van der Waals surface area contributed by atoms with E-state index in [1.807, 2.05) is 13.8 Å². The van der Waals surface area contributed by atoms with Crippen LogP contribution in [-0.2, 0) is 10.0 Å². The van der Waals surface area contributed by atoms with Gasteiger partial charge >= 0.3 is 5.97 Å². The van der Waals surface area contributed by atoms with Crippen LogP contribution >= 0.6 is 11.3 Å². The number of nitrogens with zero attached hydrogens (tertiary/aromatic N) is 1. The molecule has 0 atom stereocenters. The molecule has 0 fully saturated rings. The fourth-order valence-electron chi connectivity index (χ4n) is 1.82. The lowest BCUT2D eigenvalue weighted by atomic mass is 10.3. The number of hydrogen-bond donors (Lipinski definition) is 1. The van der Waals surface area contributed by atoms with Crippen molar-refractivity contribution in [2.75, 3.05) is 13.1 Å². The summed E-state index contributed by atoms with van der Waals surface area (Å²) < 4.78 is 26.6. The van der Waals surface area contributed by atoms with E-state index in [0.29, 0.717) is 13.1 Å². The Morgan fingerprint density at radius 2 is 1.80 bits per heavy atom. The number of thiophene rings is 1. The number of carboxylic acid groups (broad SMARTS) is 1. The first-order valence-corrected chi connectivity index (χ1v) is 9.08. The van der Waals surface area contributed by atoms with Gasteiger partial charge in [0.25, 0.3) is 0 Å². The molecule has 1 rings (SSSR count). The van der Waals surface area contributed by atoms with Gasteiger partial charge in [-0.1, -0.05) is 26.7 Å². The predicted molar refractivity (Wildman–Crippen MR) is 79.9 cm³/mol. The summed E-state index contributed by atoms with van der Waals surface area (Å²) in [5.74, 6) is -1.19. The molecule has 7 heteroatoms. The second kappa shape index (κ2) is 7.75. The normalized spacial score (nSPS) is 11.9. The van der Waals surface area contributed by atoms with Gasteiger partial charge in [0, 0.05) is 13.1 Å². The minimum atomic E-state index is -3.71. The number of sulfonamides is 1. The first-order chi connectivity index (χ1) is 9.45. The topological polar surface area (TPSA) is 74.7 Å². The average molecular weight is 319 g/mol. The van der Waals surface area contributed by atoms with Gasteiger partial charge in [-0.25, -0.2) is 13.2 Å². The largest absolute Gasteiger partial charge is 0.477 e. The number of hydrogen-bond acceptors (Lipinski definition) is 4. The molecule has 0 aromatic carbocycles. The fourth-order valence-corrected chi connectivity index (χ4v) is 4.57. The van der Waals surface area contributed by atoms with Crippen LogP contribution in [-0.4, -0.2) is 36.9 Å². The fraction of sp³-hybridized carbons (Fsp3) is 0.615. The van der Waals surface area contributed by atoms with Crippen molar-refractivity contribution < 1.29 is 18.3 Å². The average Bonchev–Trinajstić information content (AvgIpc) is 2.88. The molecule has 0 saturated carbocycles. The number of aromatic carboxylic acids is 1. The molecule has 0 aliphatic heterocycles. The van der Waals surface area contributed by atoms with E-state index in [9.17, 15) is 13.2 Å². The zero-order chi connectivity index (χ0) is 15.2. The van der Waals surface area contributed by atoms with Gasteiger partial charge in [0.15, 0.2) is 0 Å². The molecule has 0 spiro atoms. The molecular formula is C13H21NO4S2. The maximum absolute atomic E-state index is 12.6. The minimum absolute atomic E-state index is 0.0813. The number of rotatable bonds is 9. The van der Waals surface area contributed by atoms with Crippen molar-refractivity contribution in [1.82, 2.24) is 4.31 Å². The molecule has 1 N–H and O–H groups in total. The molecule has 1 aromatic heterocycles. The molecule has 0 bridgehead atoms. The molecule has 0 aliphatic rings. The number of carboxylic acids is 1. The van der Waals surface area contributed by atoms with E-state index < -0.39 is 16.0 Å². The van der Waals surface area contributed by atoms with Gasteiger partial charge in [0.2, 0.25) is 10.0 Å². The van der Waals surface area contributed by atoms with Crippen molar-refractivity contribution in [2.45, 2.75) is 44.4 Å². The van der Waals surface area contributed by atoms with Gasteiger partial charge in [-0.15, -0.1) is 11.3 Å². The van der Waals surface area contributed by atoms with Gasteiger partial charge in [-0.3, -0.25) is 0 Å². The third-order valence-electron chi connectivity index (χ3n) is 2.96. The van der Waals surface area contributed by atoms with Gasteiger partial charge < -0.3 is 5.11 Å². The van der Waals surface area contributed by atoms with E-state index in [2.05, 4.69) is 0 Å². The van der Waals surface area contributed by atoms with Crippen LogP contribution in [0.5, 0.6) is 0 Å². The minimum Gasteiger partial charge on any atom is -0.477 e. The van der Waals surface area contributed by atoms with E-state index in [-0.39, 0.29) is 9.77 Å². The predicted octanol–water partition coefficient (Wildman–Crippen LogP) is 3.04. The van der Waals surface area contributed by atoms with E-state index in [1.54, 1.807) is 0 Å². The van der Waals surface area contributed by atoms with Crippen LogP contribution in [0.4, 0.5) is 0 Å². The van der Waals surface area contributed by atoms with Crippen LogP contribution in [0.3, 0.4) is 0 Å². The van der Waals surface area contributed by atoms with Crippen LogP contribution in [0.15, 0.2) is 16.3 Å². The summed E-state index contributed by atoms with van der Waals surface area (Å²) >= 11 is 0.944. The van der Waals surface area contributed by atoms with E-state index in [0.717, 1.165) is 37.0 Å². The summed E-state index contributed by atoms with van der Waals surface area (Å²) in [4.78, 5) is 10.9. The summed E-state index contributed by atoms with van der Waals surface area (Å²) in [6.07, 6.45) is 3.34. The molecule has 0 saturated heterocycles. The highest BCUT2D eigenvalue weighted by Gasteiger charge is 2.29. The lowest BCUT2D eigenvalue weighted by molar-refractivity contribution is 0.0698. The molecule has 1 heterocycles. The van der Waals surface area contributed by atoms with Crippen molar-refractivity contribution in [3.05, 3.63) is 16.3 Å². The number of unbranched alkanes of at least 4 members (excludes halogenated alkanes) is 2. The maximum atomic E-state index is 12.6. The summed E-state index contributed by atoms with van der Waals surface area (Å²) in [6, 6.07) is 1.38. The first kappa shape index (κ1) is 17.1. The highest BCUT2D eigenvalue weighted by atomic mass is 32.2. The molecule has 0 aliphatic carbocycles. The third kappa shape index (κ3) is 4.04. The first-order valence-electron chi connectivity index (χ1n) is 6.76. The summed E-state index contributed by atoms with van der Waals surface area (Å²) in [7, 11) is -3.71. The molecule has 5 nitrogen and oxygen atoms in total. The molecule has 1 aromatic rings. The Morgan fingerprint density at radius 3 is 2.25 bits per heavy atom. The Hall–Kier alpha value is -0.920. The molecule has 0 amide bonds. The van der Waals surface area contributed by atoms with Crippen LogP contribution in [0.25, 0.3) is 0 Å². The van der Waals surface area contributed by atoms with Gasteiger partial charge in [-0.05, 0) is 24.3 Å². The second-order valence-electron chi connectivity index (χ2n) is 4.53. The SMILES string of the molecule is CCCCN(CCCC)S(=O)(=O)c1ccsc1C(=O)O. The van der Waals surface area contributed by atoms with Crippen molar-refractivity contribution in [2.24, 2.45) is 0 Å². The second-order valence-corrected chi connectivity index (χ2v) is 7.35. The maximum Gasteiger partial charge on any atom is 0.347 e. The Kier molecular flexibility index (Phi) is 6.64. The van der Waals surface area contributed by atoms with Crippen LogP contribution in [0.2, 0.25) is 0 Å². The van der Waals surface area contributed by atoms with Crippen LogP contribution in [0, 0.1) is 0 Å². The van der Waals surface area contributed by atoms with Crippen molar-refractivity contribution in [3.63, 3.8) is 0 Å². The standard InChI is InChI=1S/C13H21NO4S2/c1-3-5-8-14(9-6-4-2)20(17,18)11-7-10-19-12(11)13(15)16/h7,10H,3-6,8-9H2,1-2H3,(H,15,16). The molecule has 20 heavy (non-hydrogen) atoms. The zero-order valence-electron chi connectivity index (χ0n) is 11.8. The summed E-state index contributed by atoms with van der Waals surface area (Å²) in [6.45, 7) is 4.87. The van der Waals surface area contributed by atoms with Gasteiger partial charge in [0.05, 0.1) is 0 Å². The Bertz CT molecular complexity index is 528. The smallest absolute Gasteiger partial charge is 0.347 e. The molecule has 114 valence electrons. The Balaban J connectivity index is 3.07. The van der Waals surface area contributed by atoms with Gasteiger partial charge in [-0.2, -0.15) is 4.31 Å². The van der Waals surface area contributed by atoms with Gasteiger partial charge in [0.1, 0.15) is 9.77 Å². The highest BCUT2D eigenvalue weighted by molar-refractivity contribution is 7.89.